The maximum atomic E-state index is 12.0. The minimum atomic E-state index is -0.0113. The number of aromatic amines is 1. The molecule has 0 atom stereocenters. The van der Waals surface area contributed by atoms with E-state index in [-0.39, 0.29) is 5.56 Å². The van der Waals surface area contributed by atoms with Gasteiger partial charge in [-0.05, 0) is 49.1 Å². The first kappa shape index (κ1) is 12.8. The van der Waals surface area contributed by atoms with E-state index in [4.69, 9.17) is 5.73 Å². The Kier molecular flexibility index (Phi) is 3.53. The zero-order valence-corrected chi connectivity index (χ0v) is 11.2. The van der Waals surface area contributed by atoms with Crippen molar-refractivity contribution in [3.05, 3.63) is 45.2 Å². The van der Waals surface area contributed by atoms with Crippen molar-refractivity contribution in [2.45, 2.75) is 33.1 Å². The monoisotopic (exact) mass is 244 g/mol. The van der Waals surface area contributed by atoms with Crippen LogP contribution in [0.15, 0.2) is 23.0 Å². The summed E-state index contributed by atoms with van der Waals surface area (Å²) in [5.41, 5.74) is 9.62. The molecular weight excluding hydrogens is 224 g/mol. The van der Waals surface area contributed by atoms with Crippen LogP contribution in [0.4, 0.5) is 0 Å². The van der Waals surface area contributed by atoms with Crippen LogP contribution in [0, 0.1) is 6.92 Å². The summed E-state index contributed by atoms with van der Waals surface area (Å²) in [7, 11) is 0. The van der Waals surface area contributed by atoms with Gasteiger partial charge in [0.15, 0.2) is 0 Å². The minimum absolute atomic E-state index is 0.0113. The van der Waals surface area contributed by atoms with Crippen LogP contribution in [0.1, 0.15) is 36.5 Å². The van der Waals surface area contributed by atoms with Gasteiger partial charge in [0.25, 0.3) is 5.56 Å². The second-order valence-corrected chi connectivity index (χ2v) is 5.06. The summed E-state index contributed by atoms with van der Waals surface area (Å²) < 4.78 is 0. The molecule has 0 aliphatic carbocycles. The maximum Gasteiger partial charge on any atom is 0.251 e. The number of nitrogens with one attached hydrogen (secondary N) is 1. The first-order valence-electron chi connectivity index (χ1n) is 6.40. The van der Waals surface area contributed by atoms with Gasteiger partial charge in [0.05, 0.1) is 0 Å². The molecule has 1 aromatic heterocycles. The third kappa shape index (κ3) is 2.18. The second-order valence-electron chi connectivity index (χ2n) is 5.06. The predicted molar refractivity (Wildman–Crippen MR) is 76.2 cm³/mol. The summed E-state index contributed by atoms with van der Waals surface area (Å²) in [6.07, 6.45) is 0.628. The molecule has 0 spiro atoms. The second kappa shape index (κ2) is 4.94. The molecule has 0 saturated heterocycles. The molecule has 0 amide bonds. The lowest BCUT2D eigenvalue weighted by Crippen LogP contribution is -2.18. The molecule has 3 nitrogen and oxygen atoms in total. The van der Waals surface area contributed by atoms with Gasteiger partial charge in [0.1, 0.15) is 0 Å². The number of benzene rings is 1. The SMILES string of the molecule is Cc1c(CCN)c(=O)[nH]c2ccc(C(C)C)cc12. The highest BCUT2D eigenvalue weighted by Gasteiger charge is 2.09. The van der Waals surface area contributed by atoms with Crippen molar-refractivity contribution in [1.82, 2.24) is 4.98 Å². The van der Waals surface area contributed by atoms with Crippen LogP contribution in [0.25, 0.3) is 10.9 Å². The molecule has 0 radical (unpaired) electrons. The molecule has 2 aromatic rings. The molecule has 0 aliphatic heterocycles. The van der Waals surface area contributed by atoms with E-state index in [1.807, 2.05) is 13.0 Å². The maximum absolute atomic E-state index is 12.0. The fraction of sp³-hybridized carbons (Fsp3) is 0.400. The van der Waals surface area contributed by atoms with E-state index >= 15 is 0 Å². The average molecular weight is 244 g/mol. The predicted octanol–water partition coefficient (Wildman–Crippen LogP) is 2.46. The molecule has 3 N–H and O–H groups in total. The summed E-state index contributed by atoms with van der Waals surface area (Å²) in [5.74, 6) is 0.485. The molecular formula is C15H20N2O. The third-order valence-electron chi connectivity index (χ3n) is 3.48. The Balaban J connectivity index is 2.73. The number of aromatic nitrogens is 1. The molecule has 0 saturated carbocycles. The van der Waals surface area contributed by atoms with Gasteiger partial charge in [-0.3, -0.25) is 4.79 Å². The lowest BCUT2D eigenvalue weighted by atomic mass is 9.97. The van der Waals surface area contributed by atoms with Crippen LogP contribution in [-0.4, -0.2) is 11.5 Å². The van der Waals surface area contributed by atoms with E-state index in [0.717, 1.165) is 22.0 Å². The van der Waals surface area contributed by atoms with Crippen LogP contribution < -0.4 is 11.3 Å². The van der Waals surface area contributed by atoms with Crippen LogP contribution in [-0.2, 0) is 6.42 Å². The number of fused-ring (bicyclic) bond motifs is 1. The van der Waals surface area contributed by atoms with Gasteiger partial charge in [-0.1, -0.05) is 19.9 Å². The number of pyridine rings is 1. The van der Waals surface area contributed by atoms with Crippen molar-refractivity contribution in [2.24, 2.45) is 5.73 Å². The van der Waals surface area contributed by atoms with Gasteiger partial charge < -0.3 is 10.7 Å². The summed E-state index contributed by atoms with van der Waals surface area (Å²) in [5, 5.41) is 1.13. The molecule has 3 heteroatoms. The lowest BCUT2D eigenvalue weighted by Gasteiger charge is -2.11. The van der Waals surface area contributed by atoms with Crippen molar-refractivity contribution in [3.8, 4) is 0 Å². The smallest absolute Gasteiger partial charge is 0.251 e. The number of H-pyrrole nitrogens is 1. The summed E-state index contributed by atoms with van der Waals surface area (Å²) in [6, 6.07) is 6.24. The van der Waals surface area contributed by atoms with E-state index in [9.17, 15) is 4.79 Å². The zero-order chi connectivity index (χ0) is 13.3. The molecule has 0 aliphatic rings. The lowest BCUT2D eigenvalue weighted by molar-refractivity contribution is 0.868. The van der Waals surface area contributed by atoms with Crippen molar-refractivity contribution < 1.29 is 0 Å². The molecule has 18 heavy (non-hydrogen) atoms. The third-order valence-corrected chi connectivity index (χ3v) is 3.48. The summed E-state index contributed by atoms with van der Waals surface area (Å²) in [4.78, 5) is 14.9. The standard InChI is InChI=1S/C15H20N2O/c1-9(2)11-4-5-14-13(8-11)10(3)12(6-7-16)15(18)17-14/h4-5,8-9H,6-7,16H2,1-3H3,(H,17,18). The van der Waals surface area contributed by atoms with Crippen molar-refractivity contribution in [3.63, 3.8) is 0 Å². The Labute approximate surface area is 107 Å². The minimum Gasteiger partial charge on any atom is -0.330 e. The normalized spacial score (nSPS) is 11.4. The van der Waals surface area contributed by atoms with Gasteiger partial charge in [0, 0.05) is 16.5 Å². The van der Waals surface area contributed by atoms with E-state index in [1.54, 1.807) is 0 Å². The van der Waals surface area contributed by atoms with Gasteiger partial charge in [-0.15, -0.1) is 0 Å². The topological polar surface area (TPSA) is 58.9 Å². The van der Waals surface area contributed by atoms with Gasteiger partial charge in [-0.25, -0.2) is 0 Å². The molecule has 1 heterocycles. The van der Waals surface area contributed by atoms with E-state index in [2.05, 4.69) is 31.0 Å². The van der Waals surface area contributed by atoms with Crippen molar-refractivity contribution >= 4 is 10.9 Å². The number of rotatable bonds is 3. The van der Waals surface area contributed by atoms with E-state index in [1.165, 1.54) is 5.56 Å². The number of hydrogen-bond donors (Lipinski definition) is 2. The molecule has 0 unspecified atom stereocenters. The highest BCUT2D eigenvalue weighted by atomic mass is 16.1. The fourth-order valence-electron chi connectivity index (χ4n) is 2.32. The molecule has 96 valence electrons. The zero-order valence-electron chi connectivity index (χ0n) is 11.2. The molecule has 2 rings (SSSR count). The van der Waals surface area contributed by atoms with Crippen molar-refractivity contribution in [1.29, 1.82) is 0 Å². The quantitative estimate of drug-likeness (QED) is 0.871. The van der Waals surface area contributed by atoms with Crippen LogP contribution >= 0.6 is 0 Å². The van der Waals surface area contributed by atoms with Gasteiger partial charge >= 0.3 is 0 Å². The van der Waals surface area contributed by atoms with Crippen LogP contribution in [0.5, 0.6) is 0 Å². The molecule has 0 fully saturated rings. The Morgan fingerprint density at radius 3 is 2.67 bits per heavy atom. The summed E-state index contributed by atoms with van der Waals surface area (Å²) >= 11 is 0. The number of nitrogens with two attached hydrogens (primary N) is 1. The van der Waals surface area contributed by atoms with E-state index in [0.29, 0.717) is 18.9 Å². The highest BCUT2D eigenvalue weighted by molar-refractivity contribution is 5.83. The Bertz CT molecular complexity index is 626. The van der Waals surface area contributed by atoms with Crippen LogP contribution in [0.2, 0.25) is 0 Å². The fourth-order valence-corrected chi connectivity index (χ4v) is 2.32. The average Bonchev–Trinajstić information content (AvgIpc) is 2.34. The Morgan fingerprint density at radius 1 is 1.33 bits per heavy atom. The first-order valence-corrected chi connectivity index (χ1v) is 6.40. The van der Waals surface area contributed by atoms with E-state index < -0.39 is 0 Å². The highest BCUT2D eigenvalue weighted by Crippen LogP contribution is 2.23. The summed E-state index contributed by atoms with van der Waals surface area (Å²) in [6.45, 7) is 6.85. The van der Waals surface area contributed by atoms with Gasteiger partial charge in [-0.2, -0.15) is 0 Å². The molecule has 0 bridgehead atoms. The van der Waals surface area contributed by atoms with Gasteiger partial charge in [0.2, 0.25) is 0 Å². The Morgan fingerprint density at radius 2 is 2.06 bits per heavy atom. The van der Waals surface area contributed by atoms with Crippen LogP contribution in [0.3, 0.4) is 0 Å². The number of hydrogen-bond acceptors (Lipinski definition) is 2. The Hall–Kier alpha value is -1.61. The molecule has 1 aromatic carbocycles. The first-order chi connectivity index (χ1) is 8.54. The largest absolute Gasteiger partial charge is 0.330 e. The number of aryl methyl sites for hydroxylation is 1. The van der Waals surface area contributed by atoms with Crippen molar-refractivity contribution in [2.75, 3.05) is 6.54 Å².